The van der Waals surface area contributed by atoms with Crippen molar-refractivity contribution in [2.45, 2.75) is 25.6 Å². The van der Waals surface area contributed by atoms with Crippen LogP contribution in [-0.4, -0.2) is 29.0 Å². The summed E-state index contributed by atoms with van der Waals surface area (Å²) < 4.78 is 45.3. The van der Waals surface area contributed by atoms with Crippen LogP contribution in [0.25, 0.3) is 0 Å². The second kappa shape index (κ2) is 6.65. The van der Waals surface area contributed by atoms with Crippen molar-refractivity contribution in [3.8, 4) is 11.5 Å². The van der Waals surface area contributed by atoms with Gasteiger partial charge >= 0.3 is 12.3 Å². The highest BCUT2D eigenvalue weighted by molar-refractivity contribution is 6.17. The topological polar surface area (TPSA) is 68.7 Å². The van der Waals surface area contributed by atoms with Crippen molar-refractivity contribution in [1.29, 1.82) is 0 Å². The summed E-state index contributed by atoms with van der Waals surface area (Å²) in [6, 6.07) is 0. The third-order valence-electron chi connectivity index (χ3n) is 2.17. The molecule has 0 aliphatic carbocycles. The lowest BCUT2D eigenvalue weighted by Gasteiger charge is -2.16. The molecule has 0 aliphatic rings. The average Bonchev–Trinajstić information content (AvgIpc) is 2.33. The van der Waals surface area contributed by atoms with E-state index < -0.39 is 30.3 Å². The van der Waals surface area contributed by atoms with Gasteiger partial charge in [-0.3, -0.25) is 9.78 Å². The molecule has 1 aromatic heterocycles. The van der Waals surface area contributed by atoms with E-state index in [0.717, 1.165) is 6.20 Å². The molecule has 0 saturated heterocycles. The van der Waals surface area contributed by atoms with Gasteiger partial charge in [0.25, 0.3) is 0 Å². The number of carbonyl (C=O) groups excluding carboxylic acids is 1. The number of nitrogens with zero attached hydrogens (tertiary/aromatic N) is 1. The van der Waals surface area contributed by atoms with E-state index in [9.17, 15) is 23.1 Å². The van der Waals surface area contributed by atoms with Crippen molar-refractivity contribution in [2.24, 2.45) is 0 Å². The molecule has 1 rings (SSSR count). The van der Waals surface area contributed by atoms with Crippen LogP contribution in [0, 0.1) is 0 Å². The molecular formula is C11H11ClF3NO4. The van der Waals surface area contributed by atoms with Crippen LogP contribution in [0.5, 0.6) is 11.5 Å². The molecule has 112 valence electrons. The minimum Gasteiger partial charge on any atom is -0.503 e. The Balaban J connectivity index is 3.21. The van der Waals surface area contributed by atoms with E-state index in [2.05, 4.69) is 14.5 Å². The fourth-order valence-electron chi connectivity index (χ4n) is 1.44. The first kappa shape index (κ1) is 16.4. The maximum absolute atomic E-state index is 12.3. The monoisotopic (exact) mass is 313 g/mol. The molecule has 1 heterocycles. The van der Waals surface area contributed by atoms with Crippen molar-refractivity contribution in [3.63, 3.8) is 0 Å². The third kappa shape index (κ3) is 4.44. The van der Waals surface area contributed by atoms with Crippen LogP contribution in [-0.2, 0) is 21.8 Å². The van der Waals surface area contributed by atoms with Gasteiger partial charge in [0.15, 0.2) is 11.5 Å². The number of halogens is 4. The first-order valence-corrected chi connectivity index (χ1v) is 5.99. The molecule has 1 N–H and O–H groups in total. The predicted octanol–water partition coefficient (Wildman–Crippen LogP) is 2.53. The Hall–Kier alpha value is -1.70. The molecule has 1 aromatic rings. The lowest BCUT2D eigenvalue weighted by atomic mass is 10.1. The summed E-state index contributed by atoms with van der Waals surface area (Å²) in [6.45, 7) is 1.62. The molecule has 0 atom stereocenters. The number of pyridine rings is 1. The normalized spacial score (nSPS) is 11.2. The maximum atomic E-state index is 12.3. The molecule has 0 fully saturated rings. The Morgan fingerprint density at radius 2 is 2.15 bits per heavy atom. The Bertz CT molecular complexity index is 493. The van der Waals surface area contributed by atoms with Gasteiger partial charge in [-0.25, -0.2) is 0 Å². The van der Waals surface area contributed by atoms with Crippen molar-refractivity contribution < 1.29 is 32.5 Å². The highest BCUT2D eigenvalue weighted by Gasteiger charge is 2.34. The van der Waals surface area contributed by atoms with Crippen molar-refractivity contribution in [3.05, 3.63) is 17.5 Å². The molecule has 0 radical (unpaired) electrons. The second-order valence-corrected chi connectivity index (χ2v) is 3.83. The highest BCUT2D eigenvalue weighted by atomic mass is 35.5. The second-order valence-electron chi connectivity index (χ2n) is 3.56. The van der Waals surface area contributed by atoms with Gasteiger partial charge in [-0.2, -0.15) is 0 Å². The number of aromatic nitrogens is 1. The molecule has 0 spiro atoms. The molecule has 0 bridgehead atoms. The standard InChI is InChI=1S/C11H11ClF3NO4/c1-2-19-9(18)3-6-7(4-12)16-5-8(17)10(6)20-11(13,14)15/h5,17H,2-4H2,1H3. The van der Waals surface area contributed by atoms with Gasteiger partial charge in [-0.05, 0) is 6.92 Å². The number of alkyl halides is 4. The molecule has 0 unspecified atom stereocenters. The molecule has 0 amide bonds. The van der Waals surface area contributed by atoms with Crippen LogP contribution in [0.1, 0.15) is 18.2 Å². The minimum absolute atomic E-state index is 0.00299. The fraction of sp³-hybridized carbons (Fsp3) is 0.455. The van der Waals surface area contributed by atoms with E-state index >= 15 is 0 Å². The van der Waals surface area contributed by atoms with Crippen LogP contribution < -0.4 is 4.74 Å². The van der Waals surface area contributed by atoms with Gasteiger partial charge in [0.1, 0.15) is 0 Å². The fourth-order valence-corrected chi connectivity index (χ4v) is 1.67. The smallest absolute Gasteiger partial charge is 0.503 e. The zero-order valence-corrected chi connectivity index (χ0v) is 11.1. The van der Waals surface area contributed by atoms with Crippen molar-refractivity contribution in [1.82, 2.24) is 4.98 Å². The average molecular weight is 314 g/mol. The summed E-state index contributed by atoms with van der Waals surface area (Å²) in [7, 11) is 0. The number of hydrogen-bond acceptors (Lipinski definition) is 5. The molecule has 0 saturated carbocycles. The van der Waals surface area contributed by atoms with Gasteiger partial charge in [0.2, 0.25) is 0 Å². The SMILES string of the molecule is CCOC(=O)Cc1c(CCl)ncc(O)c1OC(F)(F)F. The van der Waals surface area contributed by atoms with Crippen LogP contribution in [0.3, 0.4) is 0 Å². The molecular weight excluding hydrogens is 303 g/mol. The predicted molar refractivity (Wildman–Crippen MR) is 62.5 cm³/mol. The van der Waals surface area contributed by atoms with Crippen molar-refractivity contribution in [2.75, 3.05) is 6.61 Å². The number of aromatic hydroxyl groups is 1. The van der Waals surface area contributed by atoms with Crippen LogP contribution >= 0.6 is 11.6 Å². The van der Waals surface area contributed by atoms with Crippen molar-refractivity contribution >= 4 is 17.6 Å². The van der Waals surface area contributed by atoms with E-state index in [1.165, 1.54) is 0 Å². The van der Waals surface area contributed by atoms with E-state index in [1.807, 2.05) is 0 Å². The number of hydrogen-bond donors (Lipinski definition) is 1. The molecule has 0 aliphatic heterocycles. The summed E-state index contributed by atoms with van der Waals surface area (Å²) in [6.07, 6.45) is -4.79. The van der Waals surface area contributed by atoms with Crippen LogP contribution in [0.2, 0.25) is 0 Å². The Labute approximate surface area is 117 Å². The zero-order chi connectivity index (χ0) is 15.3. The summed E-state index contributed by atoms with van der Waals surface area (Å²) in [5.41, 5.74) is -0.257. The zero-order valence-electron chi connectivity index (χ0n) is 10.3. The quantitative estimate of drug-likeness (QED) is 0.668. The Morgan fingerprint density at radius 3 is 2.65 bits per heavy atom. The summed E-state index contributed by atoms with van der Waals surface area (Å²) in [4.78, 5) is 15.1. The van der Waals surface area contributed by atoms with E-state index in [-0.39, 0.29) is 23.7 Å². The highest BCUT2D eigenvalue weighted by Crippen LogP contribution is 2.36. The van der Waals surface area contributed by atoms with E-state index in [4.69, 9.17) is 11.6 Å². The molecule has 0 aromatic carbocycles. The number of carbonyl (C=O) groups is 1. The van der Waals surface area contributed by atoms with Gasteiger partial charge in [0, 0.05) is 5.56 Å². The van der Waals surface area contributed by atoms with E-state index in [0.29, 0.717) is 0 Å². The molecule has 9 heteroatoms. The Kier molecular flexibility index (Phi) is 5.43. The van der Waals surface area contributed by atoms with Gasteiger partial charge < -0.3 is 14.6 Å². The van der Waals surface area contributed by atoms with E-state index in [1.54, 1.807) is 6.92 Å². The minimum atomic E-state index is -5.02. The number of esters is 1. The summed E-state index contributed by atoms with van der Waals surface area (Å²) >= 11 is 5.56. The molecule has 20 heavy (non-hydrogen) atoms. The van der Waals surface area contributed by atoms with Crippen LogP contribution in [0.4, 0.5) is 13.2 Å². The maximum Gasteiger partial charge on any atom is 0.573 e. The summed E-state index contributed by atoms with van der Waals surface area (Å²) in [5.74, 6) is -2.76. The number of ether oxygens (including phenoxy) is 2. The lowest BCUT2D eigenvalue weighted by molar-refractivity contribution is -0.275. The molecule has 5 nitrogen and oxygen atoms in total. The first-order valence-electron chi connectivity index (χ1n) is 5.45. The summed E-state index contributed by atoms with van der Waals surface area (Å²) in [5, 5.41) is 9.43. The Morgan fingerprint density at radius 1 is 1.50 bits per heavy atom. The third-order valence-corrected chi connectivity index (χ3v) is 2.42. The number of rotatable bonds is 5. The van der Waals surface area contributed by atoms with Gasteiger partial charge in [0.05, 0.1) is 30.8 Å². The first-order chi connectivity index (χ1) is 9.28. The van der Waals surface area contributed by atoms with Gasteiger partial charge in [-0.15, -0.1) is 24.8 Å². The van der Waals surface area contributed by atoms with Gasteiger partial charge in [-0.1, -0.05) is 0 Å². The lowest BCUT2D eigenvalue weighted by Crippen LogP contribution is -2.20. The van der Waals surface area contributed by atoms with Crippen LogP contribution in [0.15, 0.2) is 6.20 Å². The largest absolute Gasteiger partial charge is 0.573 e.